The number of nitro groups is 1. The maximum Gasteiger partial charge on any atom is 0.272 e. The lowest BCUT2D eigenvalue weighted by Crippen LogP contribution is -2.23. The molecule has 0 amide bonds. The fourth-order valence-corrected chi connectivity index (χ4v) is 1.85. The predicted octanol–water partition coefficient (Wildman–Crippen LogP) is 2.87. The number of anilines is 1. The first-order valence-corrected chi connectivity index (χ1v) is 6.21. The molecule has 1 rings (SSSR count). The summed E-state index contributed by atoms with van der Waals surface area (Å²) in [5.41, 5.74) is 1.56. The van der Waals surface area contributed by atoms with E-state index in [1.54, 1.807) is 19.1 Å². The zero-order valence-corrected chi connectivity index (χ0v) is 10.8. The summed E-state index contributed by atoms with van der Waals surface area (Å²) in [6, 6.07) is 4.92. The lowest BCUT2D eigenvalue weighted by Gasteiger charge is -2.17. The molecule has 0 bridgehead atoms. The highest BCUT2D eigenvalue weighted by Crippen LogP contribution is 2.22. The van der Waals surface area contributed by atoms with Gasteiger partial charge in [-0.1, -0.05) is 19.8 Å². The molecule has 0 saturated heterocycles. The van der Waals surface area contributed by atoms with Gasteiger partial charge in [-0.15, -0.1) is 0 Å². The van der Waals surface area contributed by atoms with E-state index in [4.69, 9.17) is 0 Å². The van der Waals surface area contributed by atoms with Crippen molar-refractivity contribution in [1.82, 2.24) is 0 Å². The first kappa shape index (κ1) is 14.4. The molecule has 0 aliphatic rings. The van der Waals surface area contributed by atoms with Crippen LogP contribution in [0.1, 0.15) is 31.7 Å². The van der Waals surface area contributed by atoms with Crippen molar-refractivity contribution in [2.75, 3.05) is 11.9 Å². The number of nitrogens with one attached hydrogen (secondary N) is 1. The van der Waals surface area contributed by atoms with Crippen LogP contribution >= 0.6 is 0 Å². The molecule has 0 aliphatic carbocycles. The fourth-order valence-electron chi connectivity index (χ4n) is 1.85. The minimum Gasteiger partial charge on any atom is -0.394 e. The largest absolute Gasteiger partial charge is 0.394 e. The Bertz CT molecular complexity index is 407. The van der Waals surface area contributed by atoms with Crippen LogP contribution in [0, 0.1) is 17.0 Å². The van der Waals surface area contributed by atoms with E-state index < -0.39 is 0 Å². The molecule has 0 aliphatic heterocycles. The second-order valence-corrected chi connectivity index (χ2v) is 4.42. The lowest BCUT2D eigenvalue weighted by atomic mass is 10.1. The highest BCUT2D eigenvalue weighted by atomic mass is 16.6. The van der Waals surface area contributed by atoms with Crippen molar-refractivity contribution in [3.05, 3.63) is 33.9 Å². The van der Waals surface area contributed by atoms with Crippen LogP contribution in [0.4, 0.5) is 11.4 Å². The summed E-state index contributed by atoms with van der Waals surface area (Å²) in [4.78, 5) is 10.3. The van der Waals surface area contributed by atoms with Crippen molar-refractivity contribution in [1.29, 1.82) is 0 Å². The Morgan fingerprint density at radius 2 is 2.22 bits per heavy atom. The molecule has 0 radical (unpaired) electrons. The van der Waals surface area contributed by atoms with Gasteiger partial charge in [-0.2, -0.15) is 0 Å². The number of unbranched alkanes of at least 4 members (excludes halogenated alkanes) is 1. The molecule has 1 atom stereocenters. The first-order valence-electron chi connectivity index (χ1n) is 6.21. The molecule has 1 aromatic rings. The molecular formula is C13H20N2O3. The molecule has 1 aromatic carbocycles. The average molecular weight is 252 g/mol. The third kappa shape index (κ3) is 4.00. The van der Waals surface area contributed by atoms with Crippen LogP contribution < -0.4 is 5.32 Å². The van der Waals surface area contributed by atoms with Gasteiger partial charge in [-0.25, -0.2) is 0 Å². The normalized spacial score (nSPS) is 12.2. The topological polar surface area (TPSA) is 75.4 Å². The van der Waals surface area contributed by atoms with Crippen LogP contribution in [0.3, 0.4) is 0 Å². The zero-order chi connectivity index (χ0) is 13.5. The summed E-state index contributed by atoms with van der Waals surface area (Å²) >= 11 is 0. The second-order valence-electron chi connectivity index (χ2n) is 4.42. The highest BCUT2D eigenvalue weighted by molar-refractivity contribution is 5.54. The Labute approximate surface area is 107 Å². The van der Waals surface area contributed by atoms with Gasteiger partial charge < -0.3 is 10.4 Å². The van der Waals surface area contributed by atoms with Gasteiger partial charge in [0.25, 0.3) is 5.69 Å². The van der Waals surface area contributed by atoms with Crippen LogP contribution in [-0.2, 0) is 0 Å². The van der Waals surface area contributed by atoms with Crippen molar-refractivity contribution in [3.8, 4) is 0 Å². The third-order valence-corrected chi connectivity index (χ3v) is 2.89. The summed E-state index contributed by atoms with van der Waals surface area (Å²) < 4.78 is 0. The van der Waals surface area contributed by atoms with Crippen molar-refractivity contribution in [3.63, 3.8) is 0 Å². The SMILES string of the molecule is CCCC[C@H](CO)Nc1ccc([N+](=O)[O-])c(C)c1. The van der Waals surface area contributed by atoms with Crippen LogP contribution in [0.5, 0.6) is 0 Å². The Morgan fingerprint density at radius 1 is 1.50 bits per heavy atom. The maximum atomic E-state index is 10.7. The van der Waals surface area contributed by atoms with Crippen molar-refractivity contribution in [2.45, 2.75) is 39.2 Å². The van der Waals surface area contributed by atoms with E-state index in [1.807, 2.05) is 0 Å². The van der Waals surface area contributed by atoms with E-state index in [1.165, 1.54) is 6.07 Å². The molecule has 0 saturated carbocycles. The second kappa shape index (κ2) is 6.96. The van der Waals surface area contributed by atoms with Crippen molar-refractivity contribution in [2.24, 2.45) is 0 Å². The minimum absolute atomic E-state index is 0.00538. The molecular weight excluding hydrogens is 232 g/mol. The number of benzene rings is 1. The molecule has 100 valence electrons. The highest BCUT2D eigenvalue weighted by Gasteiger charge is 2.12. The van der Waals surface area contributed by atoms with Crippen LogP contribution in [0.15, 0.2) is 18.2 Å². The van der Waals surface area contributed by atoms with E-state index in [0.717, 1.165) is 24.9 Å². The number of nitrogens with zero attached hydrogens (tertiary/aromatic N) is 1. The number of rotatable bonds is 7. The molecule has 0 unspecified atom stereocenters. The number of aliphatic hydroxyl groups excluding tert-OH is 1. The molecule has 0 fully saturated rings. The van der Waals surface area contributed by atoms with Gasteiger partial charge in [-0.05, 0) is 25.5 Å². The van der Waals surface area contributed by atoms with E-state index in [0.29, 0.717) is 5.56 Å². The maximum absolute atomic E-state index is 10.7. The molecule has 0 spiro atoms. The van der Waals surface area contributed by atoms with Crippen molar-refractivity contribution < 1.29 is 10.0 Å². The summed E-state index contributed by atoms with van der Waals surface area (Å²) in [6.45, 7) is 3.88. The average Bonchev–Trinajstić information content (AvgIpc) is 2.34. The van der Waals surface area contributed by atoms with Gasteiger partial charge >= 0.3 is 0 Å². The van der Waals surface area contributed by atoms with E-state index in [9.17, 15) is 15.2 Å². The van der Waals surface area contributed by atoms with Crippen LogP contribution in [0.2, 0.25) is 0 Å². The van der Waals surface area contributed by atoms with Gasteiger partial charge in [0.15, 0.2) is 0 Å². The number of hydrogen-bond donors (Lipinski definition) is 2. The molecule has 0 aromatic heterocycles. The fraction of sp³-hybridized carbons (Fsp3) is 0.538. The summed E-state index contributed by atoms with van der Waals surface area (Å²) in [6.07, 6.45) is 3.02. The van der Waals surface area contributed by atoms with Gasteiger partial charge in [-0.3, -0.25) is 10.1 Å². The summed E-state index contributed by atoms with van der Waals surface area (Å²) in [7, 11) is 0. The zero-order valence-electron chi connectivity index (χ0n) is 10.8. The van der Waals surface area contributed by atoms with Crippen LogP contribution in [-0.4, -0.2) is 22.7 Å². The van der Waals surface area contributed by atoms with Crippen molar-refractivity contribution >= 4 is 11.4 Å². The molecule has 0 heterocycles. The molecule has 5 nitrogen and oxygen atoms in total. The van der Waals surface area contributed by atoms with Crippen LogP contribution in [0.25, 0.3) is 0 Å². The summed E-state index contributed by atoms with van der Waals surface area (Å²) in [5, 5.41) is 23.2. The Balaban J connectivity index is 2.72. The van der Waals surface area contributed by atoms with Gasteiger partial charge in [0, 0.05) is 23.4 Å². The number of nitro benzene ring substituents is 1. The Morgan fingerprint density at radius 3 is 2.72 bits per heavy atom. The van der Waals surface area contributed by atoms with E-state index in [2.05, 4.69) is 12.2 Å². The predicted molar refractivity (Wildman–Crippen MR) is 71.9 cm³/mol. The number of hydrogen-bond acceptors (Lipinski definition) is 4. The number of aryl methyl sites for hydroxylation is 1. The van der Waals surface area contributed by atoms with E-state index >= 15 is 0 Å². The standard InChI is InChI=1S/C13H20N2O3/c1-3-4-5-12(9-16)14-11-6-7-13(15(17)18)10(2)8-11/h6-8,12,14,16H,3-5,9H2,1-2H3/t12-/m1/s1. The quantitative estimate of drug-likeness (QED) is 0.578. The molecule has 2 N–H and O–H groups in total. The van der Waals surface area contributed by atoms with Gasteiger partial charge in [0.2, 0.25) is 0 Å². The minimum atomic E-state index is -0.389. The number of aliphatic hydroxyl groups is 1. The lowest BCUT2D eigenvalue weighted by molar-refractivity contribution is -0.385. The Kier molecular flexibility index (Phi) is 5.58. The Hall–Kier alpha value is -1.62. The van der Waals surface area contributed by atoms with Gasteiger partial charge in [0.05, 0.1) is 11.5 Å². The monoisotopic (exact) mass is 252 g/mol. The third-order valence-electron chi connectivity index (χ3n) is 2.89. The molecule has 18 heavy (non-hydrogen) atoms. The van der Waals surface area contributed by atoms with Gasteiger partial charge in [0.1, 0.15) is 0 Å². The van der Waals surface area contributed by atoms with E-state index in [-0.39, 0.29) is 23.3 Å². The molecule has 5 heteroatoms. The smallest absolute Gasteiger partial charge is 0.272 e. The first-order chi connectivity index (χ1) is 8.58. The summed E-state index contributed by atoms with van der Waals surface area (Å²) in [5.74, 6) is 0.